The molecule has 0 saturated carbocycles. The van der Waals surface area contributed by atoms with E-state index in [4.69, 9.17) is 22.3 Å². The maximum atomic E-state index is 13.5. The number of rotatable bonds is 4. The normalized spacial score (nSPS) is 17.9. The first kappa shape index (κ1) is 26.6. The predicted molar refractivity (Wildman–Crippen MR) is 151 cm³/mol. The summed E-state index contributed by atoms with van der Waals surface area (Å²) in [6, 6.07) is 19.8. The summed E-state index contributed by atoms with van der Waals surface area (Å²) in [7, 11) is 1.81. The van der Waals surface area contributed by atoms with E-state index in [1.165, 1.54) is 5.39 Å². The van der Waals surface area contributed by atoms with Crippen LogP contribution in [0.2, 0.25) is 5.02 Å². The number of aliphatic imine (C=N–C) groups is 1. The minimum absolute atomic E-state index is 0.0377. The minimum atomic E-state index is -0.543. The number of fused-ring (bicyclic) bond motifs is 2. The molecule has 5 rings (SSSR count). The summed E-state index contributed by atoms with van der Waals surface area (Å²) in [5, 5.41) is 5.82. The van der Waals surface area contributed by atoms with Crippen LogP contribution >= 0.6 is 11.6 Å². The lowest BCUT2D eigenvalue weighted by Crippen LogP contribution is -2.45. The van der Waals surface area contributed by atoms with E-state index in [1.54, 1.807) is 11.9 Å². The average Bonchev–Trinajstić information content (AvgIpc) is 3.00. The van der Waals surface area contributed by atoms with Crippen molar-refractivity contribution >= 4 is 46.2 Å². The van der Waals surface area contributed by atoms with Crippen molar-refractivity contribution in [1.82, 2.24) is 10.2 Å². The molecule has 1 fully saturated rings. The van der Waals surface area contributed by atoms with Crippen molar-refractivity contribution in [2.24, 2.45) is 10.7 Å². The van der Waals surface area contributed by atoms with Crippen LogP contribution in [-0.4, -0.2) is 61.8 Å². The molecule has 8 heteroatoms. The number of piperidine rings is 1. The van der Waals surface area contributed by atoms with E-state index < -0.39 is 6.04 Å². The van der Waals surface area contributed by atoms with Gasteiger partial charge in [0.1, 0.15) is 11.9 Å². The standard InChI is InChI=1S/C27H27ClN4O2.C2H7N/c1-31-25-9-8-21(28)16-23(25)26(32-12-10-22(11-13-32)29-17-33)30-24(27(31)34)15-18-6-7-19-4-2-3-5-20(19)14-18;1-2-3/h2-9,14,16-17,22,24H,10-13,15H2,1H3,(H,29,33);2-3H2,1H3. The van der Waals surface area contributed by atoms with Crippen LogP contribution in [0, 0.1) is 0 Å². The van der Waals surface area contributed by atoms with E-state index in [9.17, 15) is 9.59 Å². The quantitative estimate of drug-likeness (QED) is 0.510. The summed E-state index contributed by atoms with van der Waals surface area (Å²) in [4.78, 5) is 33.4. The number of likely N-dealkylation sites (tertiary alicyclic amines) is 1. The van der Waals surface area contributed by atoms with Crippen LogP contribution in [0.5, 0.6) is 0 Å². The molecule has 7 nitrogen and oxygen atoms in total. The third kappa shape index (κ3) is 6.12. The summed E-state index contributed by atoms with van der Waals surface area (Å²) >= 11 is 6.38. The molecule has 1 saturated heterocycles. The smallest absolute Gasteiger partial charge is 0.251 e. The Morgan fingerprint density at radius 3 is 2.49 bits per heavy atom. The molecular weight excluding hydrogens is 486 g/mol. The monoisotopic (exact) mass is 519 g/mol. The van der Waals surface area contributed by atoms with Gasteiger partial charge in [0.25, 0.3) is 5.91 Å². The van der Waals surface area contributed by atoms with Gasteiger partial charge in [0.05, 0.1) is 5.69 Å². The fraction of sp³-hybridized carbons (Fsp3) is 0.345. The maximum absolute atomic E-state index is 13.5. The molecule has 0 spiro atoms. The third-order valence-corrected chi connectivity index (χ3v) is 7.03. The molecular formula is C29H34ClN5O2. The van der Waals surface area contributed by atoms with E-state index >= 15 is 0 Å². The van der Waals surface area contributed by atoms with Crippen molar-refractivity contribution in [3.8, 4) is 0 Å². The van der Waals surface area contributed by atoms with Crippen molar-refractivity contribution < 1.29 is 9.59 Å². The van der Waals surface area contributed by atoms with Gasteiger partial charge in [-0.15, -0.1) is 0 Å². The van der Waals surface area contributed by atoms with Gasteiger partial charge in [0.2, 0.25) is 6.41 Å². The number of carbonyl (C=O) groups is 2. The number of halogens is 1. The molecule has 2 amide bonds. The molecule has 0 aromatic heterocycles. The summed E-state index contributed by atoms with van der Waals surface area (Å²) in [6.45, 7) is 4.15. The van der Waals surface area contributed by atoms with E-state index in [1.807, 2.05) is 37.3 Å². The van der Waals surface area contributed by atoms with Crippen LogP contribution in [0.25, 0.3) is 10.8 Å². The highest BCUT2D eigenvalue weighted by atomic mass is 35.5. The Kier molecular flexibility index (Phi) is 8.79. The van der Waals surface area contributed by atoms with Gasteiger partial charge in [-0.1, -0.05) is 61.0 Å². The lowest BCUT2D eigenvalue weighted by molar-refractivity contribution is -0.119. The van der Waals surface area contributed by atoms with Crippen molar-refractivity contribution in [3.63, 3.8) is 0 Å². The van der Waals surface area contributed by atoms with Crippen molar-refractivity contribution in [2.75, 3.05) is 31.6 Å². The van der Waals surface area contributed by atoms with Crippen LogP contribution in [0.1, 0.15) is 30.9 Å². The Hall–Kier alpha value is -3.42. The predicted octanol–water partition coefficient (Wildman–Crippen LogP) is 4.00. The Balaban J connectivity index is 0.00000102. The number of nitrogens with one attached hydrogen (secondary N) is 1. The molecule has 0 aliphatic carbocycles. The molecule has 2 heterocycles. The van der Waals surface area contributed by atoms with Gasteiger partial charge in [0.15, 0.2) is 0 Å². The number of carbonyl (C=O) groups excluding carboxylic acids is 2. The Bertz CT molecular complexity index is 1290. The van der Waals surface area contributed by atoms with Gasteiger partial charge < -0.3 is 20.9 Å². The number of nitrogens with zero attached hydrogens (tertiary/aromatic N) is 3. The highest BCUT2D eigenvalue weighted by molar-refractivity contribution is 6.31. The highest BCUT2D eigenvalue weighted by Crippen LogP contribution is 2.31. The molecule has 3 aromatic rings. The summed E-state index contributed by atoms with van der Waals surface area (Å²) in [5.41, 5.74) is 7.60. The minimum Gasteiger partial charge on any atom is -0.356 e. The molecule has 3 aromatic carbocycles. The highest BCUT2D eigenvalue weighted by Gasteiger charge is 2.33. The van der Waals surface area contributed by atoms with Crippen LogP contribution in [-0.2, 0) is 16.0 Å². The van der Waals surface area contributed by atoms with Gasteiger partial charge in [0, 0.05) is 43.2 Å². The number of amides is 2. The lowest BCUT2D eigenvalue weighted by Gasteiger charge is -2.34. The molecule has 194 valence electrons. The van der Waals surface area contributed by atoms with Gasteiger partial charge in [-0.05, 0) is 53.9 Å². The molecule has 0 bridgehead atoms. The molecule has 0 radical (unpaired) electrons. The zero-order valence-corrected chi connectivity index (χ0v) is 22.1. The van der Waals surface area contributed by atoms with E-state index in [-0.39, 0.29) is 11.9 Å². The van der Waals surface area contributed by atoms with Crippen LogP contribution < -0.4 is 16.0 Å². The number of amidine groups is 1. The van der Waals surface area contributed by atoms with Gasteiger partial charge >= 0.3 is 0 Å². The first-order valence-corrected chi connectivity index (χ1v) is 13.1. The number of hydrogen-bond acceptors (Lipinski definition) is 5. The third-order valence-electron chi connectivity index (χ3n) is 6.80. The first-order valence-electron chi connectivity index (χ1n) is 12.7. The summed E-state index contributed by atoms with van der Waals surface area (Å²) in [5.74, 6) is 0.759. The lowest BCUT2D eigenvalue weighted by atomic mass is 10.0. The second-order valence-electron chi connectivity index (χ2n) is 9.37. The van der Waals surface area contributed by atoms with Crippen molar-refractivity contribution in [2.45, 2.75) is 38.3 Å². The zero-order valence-electron chi connectivity index (χ0n) is 21.4. The molecule has 2 aliphatic heterocycles. The summed E-state index contributed by atoms with van der Waals surface area (Å²) < 4.78 is 0. The van der Waals surface area contributed by atoms with E-state index in [2.05, 4.69) is 40.5 Å². The molecule has 1 atom stereocenters. The Morgan fingerprint density at radius 2 is 1.78 bits per heavy atom. The topological polar surface area (TPSA) is 91.0 Å². The molecule has 1 unspecified atom stereocenters. The number of nitrogens with two attached hydrogens (primary N) is 1. The van der Waals surface area contributed by atoms with Gasteiger partial charge in [-0.2, -0.15) is 0 Å². The van der Waals surface area contributed by atoms with Crippen molar-refractivity contribution in [3.05, 3.63) is 76.8 Å². The summed E-state index contributed by atoms with van der Waals surface area (Å²) in [6.07, 6.45) is 2.94. The number of anilines is 1. The van der Waals surface area contributed by atoms with Gasteiger partial charge in [-0.3, -0.25) is 14.6 Å². The van der Waals surface area contributed by atoms with Crippen LogP contribution in [0.3, 0.4) is 0 Å². The molecule has 37 heavy (non-hydrogen) atoms. The fourth-order valence-electron chi connectivity index (χ4n) is 4.92. The number of benzodiazepines with no additional fused rings is 1. The van der Waals surface area contributed by atoms with Crippen LogP contribution in [0.15, 0.2) is 65.7 Å². The SMILES string of the molecule is CCN.CN1C(=O)C(Cc2ccc3ccccc3c2)N=C(N2CCC(NC=O)CC2)c2cc(Cl)ccc21. The largest absolute Gasteiger partial charge is 0.356 e. The molecule has 2 aliphatic rings. The number of hydrogen-bond donors (Lipinski definition) is 2. The average molecular weight is 520 g/mol. The second-order valence-corrected chi connectivity index (χ2v) is 9.80. The zero-order chi connectivity index (χ0) is 26.4. The fourth-order valence-corrected chi connectivity index (χ4v) is 5.09. The van der Waals surface area contributed by atoms with Crippen molar-refractivity contribution in [1.29, 1.82) is 0 Å². The van der Waals surface area contributed by atoms with E-state index in [0.717, 1.165) is 66.9 Å². The Labute approximate surface area is 223 Å². The Morgan fingerprint density at radius 1 is 1.08 bits per heavy atom. The van der Waals surface area contributed by atoms with Gasteiger partial charge in [-0.25, -0.2) is 0 Å². The second kappa shape index (κ2) is 12.2. The van der Waals surface area contributed by atoms with Crippen LogP contribution in [0.4, 0.5) is 5.69 Å². The van der Waals surface area contributed by atoms with E-state index in [0.29, 0.717) is 11.4 Å². The molecule has 3 N–H and O–H groups in total. The first-order chi connectivity index (χ1) is 17.9. The maximum Gasteiger partial charge on any atom is 0.251 e. The number of likely N-dealkylation sites (N-methyl/N-ethyl adjacent to an activating group) is 1. The number of benzene rings is 3.